The Hall–Kier alpha value is -2.76. The molecule has 1 fully saturated rings. The molecule has 0 spiro atoms. The van der Waals surface area contributed by atoms with Crippen LogP contribution in [0.3, 0.4) is 0 Å². The fraction of sp³-hybridized carbons (Fsp3) is 0.400. The van der Waals surface area contributed by atoms with Gasteiger partial charge < -0.3 is 10.2 Å². The minimum absolute atomic E-state index is 0.0219. The van der Waals surface area contributed by atoms with Crippen molar-refractivity contribution >= 4 is 11.8 Å². The molecule has 2 aromatic heterocycles. The lowest BCUT2D eigenvalue weighted by Gasteiger charge is -2.25. The van der Waals surface area contributed by atoms with Gasteiger partial charge in [-0.2, -0.15) is 0 Å². The summed E-state index contributed by atoms with van der Waals surface area (Å²) in [6.45, 7) is 2.67. The Morgan fingerprint density at radius 1 is 1.27 bits per heavy atom. The molecule has 6 heteroatoms. The van der Waals surface area contributed by atoms with Crippen molar-refractivity contribution in [2.75, 3.05) is 6.54 Å². The van der Waals surface area contributed by atoms with Crippen LogP contribution in [0.25, 0.3) is 0 Å². The van der Waals surface area contributed by atoms with Crippen molar-refractivity contribution < 1.29 is 9.59 Å². The Bertz CT molecular complexity index is 763. The normalized spacial score (nSPS) is 16.5. The van der Waals surface area contributed by atoms with E-state index in [4.69, 9.17) is 0 Å². The third-order valence-electron chi connectivity index (χ3n) is 4.61. The Labute approximate surface area is 153 Å². The van der Waals surface area contributed by atoms with Gasteiger partial charge in [0.25, 0.3) is 0 Å². The number of carbonyl (C=O) groups excluding carboxylic acids is 2. The zero-order valence-electron chi connectivity index (χ0n) is 15.0. The Morgan fingerprint density at radius 2 is 2.15 bits per heavy atom. The van der Waals surface area contributed by atoms with Gasteiger partial charge >= 0.3 is 0 Å². The lowest BCUT2D eigenvalue weighted by molar-refractivity contribution is -0.132. The Balaban J connectivity index is 1.64. The summed E-state index contributed by atoms with van der Waals surface area (Å²) in [6, 6.07) is 9.71. The highest BCUT2D eigenvalue weighted by molar-refractivity contribution is 5.77. The number of likely N-dealkylation sites (tertiary alicyclic amines) is 1. The molecule has 136 valence electrons. The minimum atomic E-state index is -0.0784. The van der Waals surface area contributed by atoms with Gasteiger partial charge in [-0.1, -0.05) is 12.1 Å². The summed E-state index contributed by atoms with van der Waals surface area (Å²) in [5.74, 6) is 0.0793. The molecule has 0 saturated carbocycles. The number of rotatable bonds is 6. The summed E-state index contributed by atoms with van der Waals surface area (Å²) in [7, 11) is 0. The molecule has 1 saturated heterocycles. The van der Waals surface area contributed by atoms with Gasteiger partial charge in [-0.15, -0.1) is 0 Å². The molecule has 2 amide bonds. The minimum Gasteiger partial charge on any atom is -0.351 e. The van der Waals surface area contributed by atoms with Crippen LogP contribution in [0.15, 0.2) is 42.7 Å². The fourth-order valence-corrected chi connectivity index (χ4v) is 3.31. The van der Waals surface area contributed by atoms with Crippen molar-refractivity contribution in [2.45, 2.75) is 45.2 Å². The summed E-state index contributed by atoms with van der Waals surface area (Å²) in [6.07, 6.45) is 6.64. The van der Waals surface area contributed by atoms with E-state index >= 15 is 0 Å². The van der Waals surface area contributed by atoms with Gasteiger partial charge in [0.15, 0.2) is 0 Å². The zero-order valence-corrected chi connectivity index (χ0v) is 15.0. The smallest absolute Gasteiger partial charge is 0.223 e. The summed E-state index contributed by atoms with van der Waals surface area (Å²) in [5.41, 5.74) is 2.79. The molecule has 0 bridgehead atoms. The first-order valence-electron chi connectivity index (χ1n) is 9.02. The Morgan fingerprint density at radius 3 is 2.92 bits per heavy atom. The fourth-order valence-electron chi connectivity index (χ4n) is 3.31. The summed E-state index contributed by atoms with van der Waals surface area (Å²) in [5, 5.41) is 2.76. The van der Waals surface area contributed by atoms with Crippen LogP contribution >= 0.6 is 0 Å². The monoisotopic (exact) mass is 352 g/mol. The van der Waals surface area contributed by atoms with Crippen molar-refractivity contribution in [3.63, 3.8) is 0 Å². The molecule has 0 aromatic carbocycles. The van der Waals surface area contributed by atoms with Crippen molar-refractivity contribution in [1.29, 1.82) is 0 Å². The predicted molar refractivity (Wildman–Crippen MR) is 98.0 cm³/mol. The molecular formula is C20H24N4O2. The van der Waals surface area contributed by atoms with Gasteiger partial charge in [-0.3, -0.25) is 19.6 Å². The van der Waals surface area contributed by atoms with Crippen LogP contribution in [0.1, 0.15) is 49.2 Å². The van der Waals surface area contributed by atoms with E-state index in [-0.39, 0.29) is 17.9 Å². The highest BCUT2D eigenvalue weighted by Crippen LogP contribution is 2.31. The van der Waals surface area contributed by atoms with Crippen LogP contribution < -0.4 is 5.32 Å². The van der Waals surface area contributed by atoms with E-state index in [1.165, 1.54) is 6.92 Å². The molecule has 0 radical (unpaired) electrons. The second kappa shape index (κ2) is 8.56. The van der Waals surface area contributed by atoms with E-state index in [0.29, 0.717) is 19.4 Å². The molecule has 1 N–H and O–H groups in total. The number of amides is 2. The van der Waals surface area contributed by atoms with Crippen LogP contribution in [-0.2, 0) is 22.6 Å². The van der Waals surface area contributed by atoms with Crippen molar-refractivity contribution in [3.8, 4) is 0 Å². The standard InChI is InChI=1S/C20H24N4O2/c1-15(25)22-14-17-6-2-7-18(23-17)19-8-4-12-24(19)20(26)10-9-16-5-3-11-21-13-16/h2-3,5-7,11,13,19H,4,8-10,12,14H2,1H3,(H,22,25)/t19-/m1/s1. The molecule has 3 heterocycles. The molecule has 0 aliphatic carbocycles. The van der Waals surface area contributed by atoms with E-state index in [9.17, 15) is 9.59 Å². The maximum atomic E-state index is 12.7. The number of hydrogen-bond acceptors (Lipinski definition) is 4. The molecule has 3 rings (SSSR count). The van der Waals surface area contributed by atoms with E-state index < -0.39 is 0 Å². The number of hydrogen-bond donors (Lipinski definition) is 1. The van der Waals surface area contributed by atoms with E-state index in [1.54, 1.807) is 6.20 Å². The van der Waals surface area contributed by atoms with E-state index in [0.717, 1.165) is 36.3 Å². The molecule has 26 heavy (non-hydrogen) atoms. The van der Waals surface area contributed by atoms with Crippen molar-refractivity contribution in [1.82, 2.24) is 20.2 Å². The van der Waals surface area contributed by atoms with Crippen LogP contribution in [0.5, 0.6) is 0 Å². The number of carbonyl (C=O) groups is 2. The van der Waals surface area contributed by atoms with Gasteiger partial charge in [0.05, 0.1) is 24.0 Å². The lowest BCUT2D eigenvalue weighted by Crippen LogP contribution is -2.31. The molecule has 1 aliphatic rings. The molecular weight excluding hydrogens is 328 g/mol. The van der Waals surface area contributed by atoms with Crippen LogP contribution in [-0.4, -0.2) is 33.2 Å². The van der Waals surface area contributed by atoms with Crippen LogP contribution in [0.4, 0.5) is 0 Å². The quantitative estimate of drug-likeness (QED) is 0.866. The molecule has 1 atom stereocenters. The van der Waals surface area contributed by atoms with Gasteiger partial charge in [0.2, 0.25) is 11.8 Å². The topological polar surface area (TPSA) is 75.2 Å². The first kappa shape index (κ1) is 18.0. The maximum Gasteiger partial charge on any atom is 0.223 e. The number of nitrogens with one attached hydrogen (secondary N) is 1. The average Bonchev–Trinajstić information content (AvgIpc) is 3.15. The van der Waals surface area contributed by atoms with E-state index in [2.05, 4.69) is 15.3 Å². The zero-order chi connectivity index (χ0) is 18.4. The van der Waals surface area contributed by atoms with Gasteiger partial charge in [0, 0.05) is 32.3 Å². The third-order valence-corrected chi connectivity index (χ3v) is 4.61. The van der Waals surface area contributed by atoms with E-state index in [1.807, 2.05) is 41.4 Å². The first-order chi connectivity index (χ1) is 12.6. The highest BCUT2D eigenvalue weighted by atomic mass is 16.2. The molecule has 0 unspecified atom stereocenters. The highest BCUT2D eigenvalue weighted by Gasteiger charge is 2.30. The first-order valence-corrected chi connectivity index (χ1v) is 9.02. The second-order valence-electron chi connectivity index (χ2n) is 6.57. The summed E-state index contributed by atoms with van der Waals surface area (Å²) in [4.78, 5) is 34.5. The third kappa shape index (κ3) is 4.65. The summed E-state index contributed by atoms with van der Waals surface area (Å²) < 4.78 is 0. The lowest BCUT2D eigenvalue weighted by atomic mass is 10.1. The number of nitrogens with zero attached hydrogens (tertiary/aromatic N) is 3. The van der Waals surface area contributed by atoms with Crippen LogP contribution in [0.2, 0.25) is 0 Å². The second-order valence-corrected chi connectivity index (χ2v) is 6.57. The molecule has 2 aromatic rings. The van der Waals surface area contributed by atoms with Crippen molar-refractivity contribution in [3.05, 3.63) is 59.7 Å². The van der Waals surface area contributed by atoms with Gasteiger partial charge in [-0.25, -0.2) is 0 Å². The average molecular weight is 352 g/mol. The van der Waals surface area contributed by atoms with Gasteiger partial charge in [0.1, 0.15) is 0 Å². The van der Waals surface area contributed by atoms with Gasteiger partial charge in [-0.05, 0) is 43.0 Å². The number of aryl methyl sites for hydroxylation is 1. The Kier molecular flexibility index (Phi) is 5.94. The maximum absolute atomic E-state index is 12.7. The summed E-state index contributed by atoms with van der Waals surface area (Å²) >= 11 is 0. The van der Waals surface area contributed by atoms with Crippen LogP contribution in [0, 0.1) is 0 Å². The largest absolute Gasteiger partial charge is 0.351 e. The number of pyridine rings is 2. The SMILES string of the molecule is CC(=O)NCc1cccc([C@H]2CCCN2C(=O)CCc2cccnc2)n1. The van der Waals surface area contributed by atoms with Crippen molar-refractivity contribution in [2.24, 2.45) is 0 Å². The predicted octanol–water partition coefficient (Wildman–Crippen LogP) is 2.41. The number of aromatic nitrogens is 2. The molecule has 6 nitrogen and oxygen atoms in total. The molecule has 1 aliphatic heterocycles.